The number of ether oxygens (including phenoxy) is 2. The first-order chi connectivity index (χ1) is 20.0. The van der Waals surface area contributed by atoms with Crippen LogP contribution < -0.4 is 21.3 Å². The molecule has 2 atom stereocenters. The highest BCUT2D eigenvalue weighted by molar-refractivity contribution is 7.22. The van der Waals surface area contributed by atoms with Crippen molar-refractivity contribution in [2.75, 3.05) is 13.7 Å². The lowest BCUT2D eigenvalue weighted by Crippen LogP contribution is -2.49. The van der Waals surface area contributed by atoms with Crippen LogP contribution in [0.3, 0.4) is 0 Å². The number of amides is 1. The van der Waals surface area contributed by atoms with Crippen molar-refractivity contribution in [2.24, 2.45) is 0 Å². The van der Waals surface area contributed by atoms with E-state index >= 15 is 0 Å². The molecule has 0 spiro atoms. The summed E-state index contributed by atoms with van der Waals surface area (Å²) in [5.41, 5.74) is 0.488. The first-order valence-electron chi connectivity index (χ1n) is 14.2. The van der Waals surface area contributed by atoms with Gasteiger partial charge in [-0.3, -0.25) is 14.2 Å². The highest BCUT2D eigenvalue weighted by atomic mass is 32.1. The van der Waals surface area contributed by atoms with Gasteiger partial charge in [0, 0.05) is 12.1 Å². The number of carbonyl (C=O) groups excluding carboxylic acids is 1. The lowest BCUT2D eigenvalue weighted by atomic mass is 9.97. The molecular formula is C30H34N4O6S. The predicted octanol–water partition coefficient (Wildman–Crippen LogP) is 4.74. The Labute approximate surface area is 240 Å². The minimum absolute atomic E-state index is 0.0489. The van der Waals surface area contributed by atoms with Crippen LogP contribution in [0, 0.1) is 6.92 Å². The van der Waals surface area contributed by atoms with Crippen molar-refractivity contribution in [3.05, 3.63) is 68.7 Å². The Morgan fingerprint density at radius 2 is 1.93 bits per heavy atom. The number of oxazole rings is 1. The van der Waals surface area contributed by atoms with Crippen molar-refractivity contribution in [1.82, 2.24) is 19.4 Å². The number of nitrogens with one attached hydrogen (secondary N) is 1. The molecule has 1 amide bonds. The van der Waals surface area contributed by atoms with Gasteiger partial charge in [-0.2, -0.15) is 0 Å². The largest absolute Gasteiger partial charge is 0.496 e. The molecule has 2 aliphatic rings. The smallest absolute Gasteiger partial charge is 0.332 e. The minimum atomic E-state index is -0.882. The van der Waals surface area contributed by atoms with Crippen LogP contribution in [0.5, 0.6) is 5.75 Å². The van der Waals surface area contributed by atoms with E-state index in [2.05, 4.69) is 10.3 Å². The van der Waals surface area contributed by atoms with Crippen LogP contribution in [0.15, 0.2) is 50.7 Å². The molecule has 1 aromatic carbocycles. The van der Waals surface area contributed by atoms with Crippen molar-refractivity contribution in [3.8, 4) is 16.5 Å². The van der Waals surface area contributed by atoms with E-state index in [1.54, 1.807) is 17.9 Å². The van der Waals surface area contributed by atoms with Gasteiger partial charge in [0.05, 0.1) is 36.2 Å². The summed E-state index contributed by atoms with van der Waals surface area (Å²) in [4.78, 5) is 46.7. The van der Waals surface area contributed by atoms with Gasteiger partial charge in [-0.1, -0.05) is 37.5 Å². The van der Waals surface area contributed by atoms with Crippen LogP contribution in [0.1, 0.15) is 68.2 Å². The van der Waals surface area contributed by atoms with Gasteiger partial charge in [0.15, 0.2) is 0 Å². The van der Waals surface area contributed by atoms with Crippen LogP contribution in [-0.2, 0) is 16.1 Å². The zero-order valence-corrected chi connectivity index (χ0v) is 24.1. The van der Waals surface area contributed by atoms with E-state index < -0.39 is 23.4 Å². The molecule has 0 radical (unpaired) electrons. The molecule has 1 N–H and O–H groups in total. The summed E-state index contributed by atoms with van der Waals surface area (Å²) in [5, 5.41) is 3.21. The number of hydrogen-bond donors (Lipinski definition) is 1. The SMILES string of the molecule is COc1ccccc1[C@H](Cn1c(=O)n(C2CCCNC2=O)c(=O)c2c(C)c(-c3ncco3)sc21)OC1CCCCC1. The molecule has 4 aromatic rings. The fraction of sp³-hybridized carbons (Fsp3) is 0.467. The summed E-state index contributed by atoms with van der Waals surface area (Å²) >= 11 is 1.29. The molecule has 0 bridgehead atoms. The van der Waals surface area contributed by atoms with Gasteiger partial charge in [0.1, 0.15) is 29.0 Å². The second kappa shape index (κ2) is 11.7. The quantitative estimate of drug-likeness (QED) is 0.321. The zero-order chi connectivity index (χ0) is 28.5. The van der Waals surface area contributed by atoms with Crippen LogP contribution in [-0.4, -0.2) is 39.8 Å². The normalized spacial score (nSPS) is 18.9. The number of fused-ring (bicyclic) bond motifs is 1. The molecule has 6 rings (SSSR count). The number of para-hydroxylation sites is 1. The molecule has 11 heteroatoms. The summed E-state index contributed by atoms with van der Waals surface area (Å²) in [6, 6.07) is 6.78. The van der Waals surface area contributed by atoms with Crippen LogP contribution in [0.4, 0.5) is 0 Å². The van der Waals surface area contributed by atoms with Crippen molar-refractivity contribution in [2.45, 2.75) is 76.7 Å². The second-order valence-electron chi connectivity index (χ2n) is 10.7. The van der Waals surface area contributed by atoms with Gasteiger partial charge < -0.3 is 19.2 Å². The molecule has 1 unspecified atom stereocenters. The Kier molecular flexibility index (Phi) is 7.81. The van der Waals surface area contributed by atoms with E-state index in [1.807, 2.05) is 31.2 Å². The van der Waals surface area contributed by atoms with Crippen molar-refractivity contribution in [3.63, 3.8) is 0 Å². The zero-order valence-electron chi connectivity index (χ0n) is 23.3. The van der Waals surface area contributed by atoms with Gasteiger partial charge in [-0.25, -0.2) is 14.3 Å². The number of aryl methyl sites for hydroxylation is 1. The third-order valence-corrected chi connectivity index (χ3v) is 9.48. The molecule has 4 heterocycles. The number of nitrogens with zero attached hydrogens (tertiary/aromatic N) is 3. The fourth-order valence-electron chi connectivity index (χ4n) is 6.09. The first kappa shape index (κ1) is 27.5. The molecular weight excluding hydrogens is 544 g/mol. The highest BCUT2D eigenvalue weighted by Crippen LogP contribution is 2.38. The Balaban J connectivity index is 1.56. The average molecular weight is 579 g/mol. The van der Waals surface area contributed by atoms with Crippen molar-refractivity contribution >= 4 is 27.5 Å². The van der Waals surface area contributed by atoms with Crippen LogP contribution in [0.2, 0.25) is 0 Å². The van der Waals surface area contributed by atoms with E-state index in [0.717, 1.165) is 35.8 Å². The summed E-state index contributed by atoms with van der Waals surface area (Å²) in [7, 11) is 1.62. The maximum absolute atomic E-state index is 14.3. The molecule has 216 valence electrons. The molecule has 41 heavy (non-hydrogen) atoms. The molecule has 1 aliphatic heterocycles. The monoisotopic (exact) mass is 578 g/mol. The number of hydrogen-bond acceptors (Lipinski definition) is 8. The number of methoxy groups -OCH3 is 1. The third-order valence-electron chi connectivity index (χ3n) is 8.18. The van der Waals surface area contributed by atoms with E-state index in [-0.39, 0.29) is 18.6 Å². The molecule has 1 aliphatic carbocycles. The van der Waals surface area contributed by atoms with E-state index in [1.165, 1.54) is 24.0 Å². The first-order valence-corrected chi connectivity index (χ1v) is 15.0. The number of carbonyl (C=O) groups is 1. The molecule has 1 saturated heterocycles. The maximum atomic E-state index is 14.3. The van der Waals surface area contributed by atoms with Gasteiger partial charge in [0.25, 0.3) is 5.56 Å². The summed E-state index contributed by atoms with van der Waals surface area (Å²) < 4.78 is 20.8. The number of benzene rings is 1. The third kappa shape index (κ3) is 5.12. The molecule has 1 saturated carbocycles. The number of piperidine rings is 1. The van der Waals surface area contributed by atoms with Gasteiger partial charge >= 0.3 is 5.69 Å². The number of aromatic nitrogens is 3. The standard InChI is InChI=1S/C30H34N4O6S/c1-18-24-28(36)34(21-12-8-14-31-26(21)35)30(37)33(29(24)41-25(18)27-32-15-16-39-27)17-23(40-19-9-4-3-5-10-19)20-11-6-7-13-22(20)38-2/h6-7,11,13,15-16,19,21,23H,3-5,8-10,12,14,17H2,1-2H3,(H,31,35)/t21?,23-/m0/s1. The lowest BCUT2D eigenvalue weighted by molar-refractivity contribution is -0.126. The summed E-state index contributed by atoms with van der Waals surface area (Å²) in [6.45, 7) is 2.50. The van der Waals surface area contributed by atoms with E-state index in [9.17, 15) is 14.4 Å². The molecule has 2 fully saturated rings. The second-order valence-corrected chi connectivity index (χ2v) is 11.7. The van der Waals surface area contributed by atoms with Crippen molar-refractivity contribution < 1.29 is 18.7 Å². The average Bonchev–Trinajstić information content (AvgIpc) is 3.64. The molecule has 10 nitrogen and oxygen atoms in total. The predicted molar refractivity (Wildman–Crippen MR) is 156 cm³/mol. The Bertz CT molecular complexity index is 1660. The van der Waals surface area contributed by atoms with Crippen molar-refractivity contribution in [1.29, 1.82) is 0 Å². The molecule has 3 aromatic heterocycles. The topological polar surface area (TPSA) is 118 Å². The van der Waals surface area contributed by atoms with E-state index in [4.69, 9.17) is 13.9 Å². The minimum Gasteiger partial charge on any atom is -0.496 e. The maximum Gasteiger partial charge on any atom is 0.332 e. The number of thiophene rings is 1. The Morgan fingerprint density at radius 3 is 2.66 bits per heavy atom. The van der Waals surface area contributed by atoms with Crippen LogP contribution in [0.25, 0.3) is 21.0 Å². The van der Waals surface area contributed by atoms with Gasteiger partial charge in [-0.05, 0) is 44.2 Å². The van der Waals surface area contributed by atoms with Gasteiger partial charge in [0.2, 0.25) is 11.8 Å². The summed E-state index contributed by atoms with van der Waals surface area (Å²) in [5.74, 6) is 0.728. The lowest BCUT2D eigenvalue weighted by Gasteiger charge is -2.30. The Morgan fingerprint density at radius 1 is 1.12 bits per heavy atom. The van der Waals surface area contributed by atoms with Crippen LogP contribution >= 0.6 is 11.3 Å². The van der Waals surface area contributed by atoms with E-state index in [0.29, 0.717) is 51.7 Å². The number of rotatable bonds is 8. The van der Waals surface area contributed by atoms with Gasteiger partial charge in [-0.15, -0.1) is 11.3 Å². The Hall–Kier alpha value is -3.70. The highest BCUT2D eigenvalue weighted by Gasteiger charge is 2.32. The summed E-state index contributed by atoms with van der Waals surface area (Å²) in [6.07, 6.45) is 8.92. The fourth-order valence-corrected chi connectivity index (χ4v) is 7.33.